The van der Waals surface area contributed by atoms with E-state index in [1.807, 2.05) is 49.4 Å². The van der Waals surface area contributed by atoms with Crippen molar-refractivity contribution in [2.75, 3.05) is 36.6 Å². The van der Waals surface area contributed by atoms with E-state index < -0.39 is 37.6 Å². The van der Waals surface area contributed by atoms with Gasteiger partial charge in [-0.3, -0.25) is 19.2 Å². The first-order valence-electron chi connectivity index (χ1n) is 17.1. The third-order valence-electron chi connectivity index (χ3n) is 10.8. The third-order valence-corrected chi connectivity index (χ3v) is 13.3. The Morgan fingerprint density at radius 1 is 1.12 bits per heavy atom. The van der Waals surface area contributed by atoms with Crippen LogP contribution in [0.5, 0.6) is 0 Å². The molecule has 3 amide bonds. The summed E-state index contributed by atoms with van der Waals surface area (Å²) in [6.45, 7) is 6.09. The fourth-order valence-corrected chi connectivity index (χ4v) is 11.0. The number of hydrogen-bond acceptors (Lipinski definition) is 7. The molecule has 12 heteroatoms. The molecule has 1 spiro atoms. The number of methoxy groups -OCH3 is 1. The maximum Gasteiger partial charge on any atom is 0.305 e. The molecule has 0 radical (unpaired) electrons. The second-order valence-electron chi connectivity index (χ2n) is 14.1. The topological polar surface area (TPSA) is 117 Å². The summed E-state index contributed by atoms with van der Waals surface area (Å²) in [6.07, 6.45) is 1.99. The van der Waals surface area contributed by atoms with E-state index in [1.54, 1.807) is 27.8 Å². The van der Waals surface area contributed by atoms with Gasteiger partial charge in [-0.1, -0.05) is 31.2 Å². The van der Waals surface area contributed by atoms with Crippen LogP contribution in [-0.4, -0.2) is 81.1 Å². The second kappa shape index (κ2) is 13.4. The van der Waals surface area contributed by atoms with Crippen molar-refractivity contribution in [2.45, 2.75) is 94.8 Å². The summed E-state index contributed by atoms with van der Waals surface area (Å²) in [4.78, 5) is 58.3. The maximum absolute atomic E-state index is 16.5. The van der Waals surface area contributed by atoms with Crippen molar-refractivity contribution in [1.82, 2.24) is 4.90 Å². The molecular weight excluding hydrogens is 633 g/mol. The van der Waals surface area contributed by atoms with Gasteiger partial charge in [0.1, 0.15) is 0 Å². The molecule has 0 unspecified atom stereocenters. The lowest BCUT2D eigenvalue weighted by Gasteiger charge is -2.37. The van der Waals surface area contributed by atoms with Gasteiger partial charge in [-0.05, 0) is 68.1 Å². The molecule has 2 aromatic rings. The highest BCUT2D eigenvalue weighted by Crippen LogP contribution is 2.60. The number of halogens is 1. The average molecular weight is 680 g/mol. The largest absolute Gasteiger partial charge is 0.469 e. The molecule has 4 aliphatic rings. The first-order valence-corrected chi connectivity index (χ1v) is 20.0. The molecule has 4 heterocycles. The molecule has 2 saturated heterocycles. The van der Waals surface area contributed by atoms with E-state index in [-0.39, 0.29) is 43.1 Å². The number of ether oxygens (including phenoxy) is 2. The molecule has 0 saturated carbocycles. The van der Waals surface area contributed by atoms with Crippen LogP contribution in [0.15, 0.2) is 42.5 Å². The number of anilines is 2. The SMILES string of the molecule is COC(=O)CCCCN1C(=O)[C@]2(O[C@H](CC(=O)N3Cc4ccccc4C[C@H]3CO)[C@@H]([Si](C)(C)F)[C@@H]2C)c2cc(N3CCCC3=O)ccc21. The van der Waals surface area contributed by atoms with Crippen molar-refractivity contribution in [2.24, 2.45) is 5.92 Å². The number of fused-ring (bicyclic) bond motifs is 3. The molecule has 48 heavy (non-hydrogen) atoms. The summed E-state index contributed by atoms with van der Waals surface area (Å²) in [5.41, 5.74) is 1.76. The van der Waals surface area contributed by atoms with Gasteiger partial charge in [-0.25, -0.2) is 0 Å². The van der Waals surface area contributed by atoms with Crippen molar-refractivity contribution in [3.05, 3.63) is 59.2 Å². The number of nitrogens with zero attached hydrogens (tertiary/aromatic N) is 3. The van der Waals surface area contributed by atoms with E-state index >= 15 is 4.11 Å². The molecule has 6 rings (SSSR count). The first-order chi connectivity index (χ1) is 22.9. The Morgan fingerprint density at radius 2 is 1.88 bits per heavy atom. The molecule has 0 aliphatic carbocycles. The monoisotopic (exact) mass is 679 g/mol. The minimum Gasteiger partial charge on any atom is -0.469 e. The molecule has 2 aromatic carbocycles. The lowest BCUT2D eigenvalue weighted by Crippen LogP contribution is -2.48. The van der Waals surface area contributed by atoms with Crippen LogP contribution in [0, 0.1) is 5.92 Å². The van der Waals surface area contributed by atoms with Gasteiger partial charge in [0.25, 0.3) is 5.91 Å². The summed E-state index contributed by atoms with van der Waals surface area (Å²) in [7, 11) is -2.20. The van der Waals surface area contributed by atoms with Crippen LogP contribution in [0.4, 0.5) is 15.5 Å². The van der Waals surface area contributed by atoms with Gasteiger partial charge in [-0.2, -0.15) is 0 Å². The highest BCUT2D eigenvalue weighted by Gasteiger charge is 2.67. The Morgan fingerprint density at radius 3 is 2.54 bits per heavy atom. The number of aliphatic hydroxyl groups excluding tert-OH is 1. The third kappa shape index (κ3) is 5.96. The predicted octanol–water partition coefficient (Wildman–Crippen LogP) is 4.61. The first kappa shape index (κ1) is 34.3. The van der Waals surface area contributed by atoms with Crippen LogP contribution in [0.3, 0.4) is 0 Å². The van der Waals surface area contributed by atoms with Crippen LogP contribution in [0.2, 0.25) is 18.6 Å². The molecule has 0 bridgehead atoms. The quantitative estimate of drug-likeness (QED) is 0.169. The predicted molar refractivity (Wildman–Crippen MR) is 180 cm³/mol. The average Bonchev–Trinajstić information content (AvgIpc) is 3.70. The lowest BCUT2D eigenvalue weighted by molar-refractivity contribution is -0.151. The van der Waals surface area contributed by atoms with Gasteiger partial charge in [0.15, 0.2) is 5.60 Å². The van der Waals surface area contributed by atoms with Gasteiger partial charge in [0.2, 0.25) is 20.2 Å². The van der Waals surface area contributed by atoms with Crippen LogP contribution in [0.25, 0.3) is 0 Å². The lowest BCUT2D eigenvalue weighted by atomic mass is 9.82. The van der Waals surface area contributed by atoms with Crippen molar-refractivity contribution in [1.29, 1.82) is 0 Å². The number of benzene rings is 2. The van der Waals surface area contributed by atoms with Crippen molar-refractivity contribution in [3.63, 3.8) is 0 Å². The highest BCUT2D eigenvalue weighted by atomic mass is 28.4. The van der Waals surface area contributed by atoms with Crippen molar-refractivity contribution >= 4 is 43.5 Å². The van der Waals surface area contributed by atoms with Crippen LogP contribution < -0.4 is 9.80 Å². The normalized spacial score (nSPS) is 26.8. The zero-order valence-electron chi connectivity index (χ0n) is 28.2. The number of unbranched alkanes of at least 4 members (excludes halogenated alkanes) is 1. The van der Waals surface area contributed by atoms with Gasteiger partial charge >= 0.3 is 5.97 Å². The molecular formula is C36H46FN3O7Si. The Bertz CT molecular complexity index is 1600. The summed E-state index contributed by atoms with van der Waals surface area (Å²) in [5, 5.41) is 10.2. The zero-order chi connectivity index (χ0) is 34.4. The Balaban J connectivity index is 1.35. The van der Waals surface area contributed by atoms with Gasteiger partial charge in [-0.15, -0.1) is 0 Å². The summed E-state index contributed by atoms with van der Waals surface area (Å²) in [6, 6.07) is 13.0. The smallest absolute Gasteiger partial charge is 0.305 e. The number of carbonyl (C=O) groups excluding carboxylic acids is 4. The number of esters is 1. The van der Waals surface area contributed by atoms with E-state index in [9.17, 15) is 24.3 Å². The summed E-state index contributed by atoms with van der Waals surface area (Å²) < 4.78 is 28.1. The van der Waals surface area contributed by atoms with Gasteiger partial charge in [0, 0.05) is 55.2 Å². The van der Waals surface area contributed by atoms with E-state index in [1.165, 1.54) is 7.11 Å². The Labute approximate surface area is 282 Å². The van der Waals surface area contributed by atoms with E-state index in [0.29, 0.717) is 62.3 Å². The highest BCUT2D eigenvalue weighted by molar-refractivity contribution is 6.72. The molecule has 258 valence electrons. The van der Waals surface area contributed by atoms with Crippen molar-refractivity contribution < 1.29 is 37.9 Å². The molecule has 0 aromatic heterocycles. The maximum atomic E-state index is 16.5. The number of carbonyl (C=O) groups is 4. The van der Waals surface area contributed by atoms with Crippen LogP contribution in [0.1, 0.15) is 62.1 Å². The number of hydrogen-bond donors (Lipinski definition) is 1. The molecule has 5 atom stereocenters. The number of amides is 3. The molecule has 1 N–H and O–H groups in total. The second-order valence-corrected chi connectivity index (χ2v) is 17.9. The van der Waals surface area contributed by atoms with Crippen LogP contribution in [-0.2, 0) is 47.2 Å². The van der Waals surface area contributed by atoms with Gasteiger partial charge < -0.3 is 33.4 Å². The number of aliphatic hydroxyl groups is 1. The Hall–Kier alpha value is -3.61. The molecule has 2 fully saturated rings. The fourth-order valence-electron chi connectivity index (χ4n) is 8.52. The van der Waals surface area contributed by atoms with E-state index in [4.69, 9.17) is 9.47 Å². The number of rotatable bonds is 10. The van der Waals surface area contributed by atoms with Crippen molar-refractivity contribution in [3.8, 4) is 0 Å². The zero-order valence-corrected chi connectivity index (χ0v) is 29.2. The van der Waals surface area contributed by atoms with E-state index in [0.717, 1.165) is 17.5 Å². The van der Waals surface area contributed by atoms with E-state index in [2.05, 4.69) is 0 Å². The minimum atomic E-state index is -3.55. The van der Waals surface area contributed by atoms with Gasteiger partial charge in [0.05, 0.1) is 38.0 Å². The molecule has 10 nitrogen and oxygen atoms in total. The summed E-state index contributed by atoms with van der Waals surface area (Å²) >= 11 is 0. The summed E-state index contributed by atoms with van der Waals surface area (Å²) in [5.74, 6) is -1.48. The Kier molecular flexibility index (Phi) is 9.53. The standard InChI is InChI=1S/C36H46FN3O7Si/c1-23-34(48(3,4)37)30(20-32(43)40-21-25-11-6-5-10-24(25)18-27(40)22-41)47-36(23)28-19-26(38-17-9-12-31(38)42)14-15-29(28)39(35(36)45)16-8-7-13-33(44)46-2/h5-6,10-11,14-15,19,23,27,30,34,41H,7-9,12-13,16-18,20-22H2,1-4H3/t23-,27-,30+,34-,36+/m0/s1. The fraction of sp³-hybridized carbons (Fsp3) is 0.556. The minimum absolute atomic E-state index is 0.00794. The molecule has 4 aliphatic heterocycles. The van der Waals surface area contributed by atoms with Crippen LogP contribution >= 0.6 is 0 Å².